The van der Waals surface area contributed by atoms with Gasteiger partial charge >= 0.3 is 0 Å². The van der Waals surface area contributed by atoms with Gasteiger partial charge in [-0.05, 0) is 13.8 Å². The van der Waals surface area contributed by atoms with Gasteiger partial charge in [-0.3, -0.25) is 4.79 Å². The molecule has 4 nitrogen and oxygen atoms in total. The van der Waals surface area contributed by atoms with Crippen LogP contribution in [0.2, 0.25) is 0 Å². The number of anilines is 1. The summed E-state index contributed by atoms with van der Waals surface area (Å²) in [6, 6.07) is 0. The van der Waals surface area contributed by atoms with E-state index in [0.717, 1.165) is 0 Å². The third-order valence-electron chi connectivity index (χ3n) is 1.24. The van der Waals surface area contributed by atoms with E-state index >= 15 is 0 Å². The maximum atomic E-state index is 11.3. The van der Waals surface area contributed by atoms with Crippen LogP contribution in [0.3, 0.4) is 0 Å². The highest BCUT2D eigenvalue weighted by molar-refractivity contribution is 7.13. The van der Waals surface area contributed by atoms with Crippen LogP contribution in [0.15, 0.2) is 11.6 Å². The fourth-order valence-electron chi connectivity index (χ4n) is 0.543. The lowest BCUT2D eigenvalue weighted by atomic mass is 10.1. The molecule has 0 aliphatic carbocycles. The van der Waals surface area contributed by atoms with Crippen molar-refractivity contribution in [2.45, 2.75) is 19.4 Å². The van der Waals surface area contributed by atoms with Crippen molar-refractivity contribution in [3.8, 4) is 0 Å². The zero-order chi connectivity index (χ0) is 9.19. The quantitative estimate of drug-likeness (QED) is 0.716. The van der Waals surface area contributed by atoms with Crippen molar-refractivity contribution in [2.75, 3.05) is 5.32 Å². The summed E-state index contributed by atoms with van der Waals surface area (Å²) in [5.74, 6) is -0.225. The molecule has 0 aliphatic rings. The van der Waals surface area contributed by atoms with E-state index in [1.165, 1.54) is 11.3 Å². The van der Waals surface area contributed by atoms with E-state index in [4.69, 9.17) is 5.73 Å². The Labute approximate surface area is 74.8 Å². The summed E-state index contributed by atoms with van der Waals surface area (Å²) in [4.78, 5) is 15.2. The SMILES string of the molecule is CC(C)(N)C(=O)Nc1nccs1. The Balaban J connectivity index is 2.60. The van der Waals surface area contributed by atoms with Gasteiger partial charge in [-0.15, -0.1) is 11.3 Å². The number of hydrogen-bond donors (Lipinski definition) is 2. The maximum Gasteiger partial charge on any atom is 0.245 e. The molecule has 1 rings (SSSR count). The number of rotatable bonds is 2. The Morgan fingerprint density at radius 2 is 2.42 bits per heavy atom. The van der Waals surface area contributed by atoms with E-state index in [1.54, 1.807) is 25.4 Å². The summed E-state index contributed by atoms with van der Waals surface area (Å²) in [5, 5.41) is 4.98. The van der Waals surface area contributed by atoms with Crippen LogP contribution >= 0.6 is 11.3 Å². The van der Waals surface area contributed by atoms with Gasteiger partial charge in [0.25, 0.3) is 0 Å². The molecular weight excluding hydrogens is 174 g/mol. The smallest absolute Gasteiger partial charge is 0.245 e. The van der Waals surface area contributed by atoms with E-state index in [-0.39, 0.29) is 5.91 Å². The Morgan fingerprint density at radius 3 is 2.83 bits per heavy atom. The molecule has 0 atom stereocenters. The molecule has 66 valence electrons. The third-order valence-corrected chi connectivity index (χ3v) is 1.93. The first-order valence-electron chi connectivity index (χ1n) is 3.50. The average Bonchev–Trinajstić information content (AvgIpc) is 2.37. The highest BCUT2D eigenvalue weighted by Gasteiger charge is 2.22. The molecule has 1 amide bonds. The van der Waals surface area contributed by atoms with Crippen molar-refractivity contribution in [3.05, 3.63) is 11.6 Å². The number of hydrogen-bond acceptors (Lipinski definition) is 4. The van der Waals surface area contributed by atoms with Gasteiger partial charge < -0.3 is 11.1 Å². The van der Waals surface area contributed by atoms with Crippen molar-refractivity contribution in [1.82, 2.24) is 4.98 Å². The molecule has 0 bridgehead atoms. The zero-order valence-electron chi connectivity index (χ0n) is 7.00. The molecule has 0 aromatic carbocycles. The average molecular weight is 185 g/mol. The summed E-state index contributed by atoms with van der Waals surface area (Å²) in [6.45, 7) is 3.30. The van der Waals surface area contributed by atoms with Crippen molar-refractivity contribution in [2.24, 2.45) is 5.73 Å². The highest BCUT2D eigenvalue weighted by Crippen LogP contribution is 2.11. The second-order valence-electron chi connectivity index (χ2n) is 3.01. The Morgan fingerprint density at radius 1 is 1.75 bits per heavy atom. The van der Waals surface area contributed by atoms with Crippen LogP contribution < -0.4 is 11.1 Å². The minimum absolute atomic E-state index is 0.225. The van der Waals surface area contributed by atoms with Crippen LogP contribution in [-0.2, 0) is 4.79 Å². The van der Waals surface area contributed by atoms with E-state index in [9.17, 15) is 4.79 Å². The Bertz CT molecular complexity index is 263. The Hall–Kier alpha value is -0.940. The summed E-state index contributed by atoms with van der Waals surface area (Å²) in [5.41, 5.74) is 4.70. The first kappa shape index (κ1) is 9.15. The molecule has 1 aromatic heterocycles. The van der Waals surface area contributed by atoms with Crippen LogP contribution in [0.4, 0.5) is 5.13 Å². The normalized spacial score (nSPS) is 11.2. The first-order valence-corrected chi connectivity index (χ1v) is 4.38. The second-order valence-corrected chi connectivity index (χ2v) is 3.91. The number of nitrogens with zero attached hydrogens (tertiary/aromatic N) is 1. The zero-order valence-corrected chi connectivity index (χ0v) is 7.81. The number of nitrogens with one attached hydrogen (secondary N) is 1. The lowest BCUT2D eigenvalue weighted by Crippen LogP contribution is -2.45. The summed E-state index contributed by atoms with van der Waals surface area (Å²) in [7, 11) is 0. The molecule has 0 aliphatic heterocycles. The molecule has 0 radical (unpaired) electrons. The van der Waals surface area contributed by atoms with E-state index in [1.807, 2.05) is 0 Å². The highest BCUT2D eigenvalue weighted by atomic mass is 32.1. The fourth-order valence-corrected chi connectivity index (χ4v) is 1.07. The lowest BCUT2D eigenvalue weighted by Gasteiger charge is -2.15. The summed E-state index contributed by atoms with van der Waals surface area (Å²) in [6.07, 6.45) is 1.63. The van der Waals surface area contributed by atoms with Crippen molar-refractivity contribution in [3.63, 3.8) is 0 Å². The molecule has 0 spiro atoms. The molecule has 0 saturated carbocycles. The van der Waals surface area contributed by atoms with Crippen LogP contribution in [0, 0.1) is 0 Å². The molecule has 0 fully saturated rings. The van der Waals surface area contributed by atoms with Crippen LogP contribution in [0.1, 0.15) is 13.8 Å². The van der Waals surface area contributed by atoms with Gasteiger partial charge in [0, 0.05) is 11.6 Å². The van der Waals surface area contributed by atoms with Gasteiger partial charge in [0.2, 0.25) is 5.91 Å². The summed E-state index contributed by atoms with van der Waals surface area (Å²) < 4.78 is 0. The second kappa shape index (κ2) is 3.20. The monoisotopic (exact) mass is 185 g/mol. The molecule has 0 unspecified atom stereocenters. The third kappa shape index (κ3) is 2.28. The maximum absolute atomic E-state index is 11.3. The lowest BCUT2D eigenvalue weighted by molar-refractivity contribution is -0.120. The van der Waals surface area contributed by atoms with Crippen LogP contribution in [0.5, 0.6) is 0 Å². The fraction of sp³-hybridized carbons (Fsp3) is 0.429. The standard InChI is InChI=1S/C7H11N3OS/c1-7(2,8)5(11)10-6-9-3-4-12-6/h3-4H,8H2,1-2H3,(H,9,10,11). The van der Waals surface area contributed by atoms with E-state index in [0.29, 0.717) is 5.13 Å². The first-order chi connectivity index (χ1) is 5.50. The number of nitrogens with two attached hydrogens (primary N) is 1. The van der Waals surface area contributed by atoms with Crippen LogP contribution in [0.25, 0.3) is 0 Å². The minimum Gasteiger partial charge on any atom is -0.318 e. The number of carbonyl (C=O) groups is 1. The van der Waals surface area contributed by atoms with E-state index < -0.39 is 5.54 Å². The summed E-state index contributed by atoms with van der Waals surface area (Å²) >= 11 is 1.37. The van der Waals surface area contributed by atoms with Crippen molar-refractivity contribution < 1.29 is 4.79 Å². The topological polar surface area (TPSA) is 68.0 Å². The van der Waals surface area contributed by atoms with E-state index in [2.05, 4.69) is 10.3 Å². The van der Waals surface area contributed by atoms with Gasteiger partial charge in [-0.25, -0.2) is 4.98 Å². The molecule has 3 N–H and O–H groups in total. The van der Waals surface area contributed by atoms with Gasteiger partial charge in [0.15, 0.2) is 5.13 Å². The Kier molecular flexibility index (Phi) is 2.44. The predicted molar refractivity (Wildman–Crippen MR) is 49.0 cm³/mol. The van der Waals surface area contributed by atoms with Gasteiger partial charge in [0.05, 0.1) is 5.54 Å². The van der Waals surface area contributed by atoms with Gasteiger partial charge in [-0.1, -0.05) is 0 Å². The van der Waals surface area contributed by atoms with Crippen LogP contribution in [-0.4, -0.2) is 16.4 Å². The van der Waals surface area contributed by atoms with Crippen molar-refractivity contribution >= 4 is 22.4 Å². The molecule has 0 saturated heterocycles. The number of aromatic nitrogens is 1. The molecule has 5 heteroatoms. The predicted octanol–water partition coefficient (Wildman–Crippen LogP) is 0.819. The molecule has 1 aromatic rings. The van der Waals surface area contributed by atoms with Gasteiger partial charge in [0.1, 0.15) is 0 Å². The largest absolute Gasteiger partial charge is 0.318 e. The molecule has 12 heavy (non-hydrogen) atoms. The van der Waals surface area contributed by atoms with Crippen molar-refractivity contribution in [1.29, 1.82) is 0 Å². The van der Waals surface area contributed by atoms with Gasteiger partial charge in [-0.2, -0.15) is 0 Å². The molecule has 1 heterocycles. The number of amides is 1. The number of thiazole rings is 1. The minimum atomic E-state index is -0.855. The number of carbonyl (C=O) groups excluding carboxylic acids is 1. The molecular formula is C7H11N3OS.